The molecule has 1 atom stereocenters. The molecule has 0 spiro atoms. The van der Waals surface area contributed by atoms with Crippen LogP contribution < -0.4 is 5.32 Å². The molecule has 5 heteroatoms. The molecule has 1 aromatic rings. The molecule has 0 bridgehead atoms. The van der Waals surface area contributed by atoms with Crippen LogP contribution in [0, 0.1) is 0 Å². The van der Waals surface area contributed by atoms with E-state index < -0.39 is 5.97 Å². The fourth-order valence-electron chi connectivity index (χ4n) is 1.11. The van der Waals surface area contributed by atoms with E-state index in [4.69, 9.17) is 11.6 Å². The topological polar surface area (TPSA) is 38.3 Å². The van der Waals surface area contributed by atoms with Crippen molar-refractivity contribution in [3.05, 3.63) is 28.8 Å². The molecule has 0 fully saturated rings. The van der Waals surface area contributed by atoms with Gasteiger partial charge < -0.3 is 10.1 Å². The second-order valence-corrected chi connectivity index (χ2v) is 5.22. The maximum Gasteiger partial charge on any atom is 0.339 e. The van der Waals surface area contributed by atoms with Crippen LogP contribution in [-0.4, -0.2) is 17.1 Å². The molecule has 0 aliphatic carbocycles. The Labute approximate surface area is 107 Å². The van der Waals surface area contributed by atoms with E-state index in [1.54, 1.807) is 12.1 Å². The predicted molar refractivity (Wildman–Crippen MR) is 69.9 cm³/mol. The van der Waals surface area contributed by atoms with E-state index in [9.17, 15) is 4.79 Å². The Balaban J connectivity index is 3.00. The van der Waals surface area contributed by atoms with Crippen LogP contribution in [0.3, 0.4) is 0 Å². The van der Waals surface area contributed by atoms with Crippen LogP contribution in [0.1, 0.15) is 17.3 Å². The van der Waals surface area contributed by atoms with Gasteiger partial charge in [0.25, 0.3) is 0 Å². The third-order valence-corrected chi connectivity index (χ3v) is 2.38. The van der Waals surface area contributed by atoms with Crippen LogP contribution in [-0.2, 0) is 4.74 Å². The highest BCUT2D eigenvalue weighted by atomic mass is 127. The number of anilines is 1. The van der Waals surface area contributed by atoms with E-state index in [2.05, 4.69) is 32.6 Å². The fraction of sp³-hybridized carbons (Fsp3) is 0.300. The molecule has 0 aliphatic heterocycles. The molecule has 0 unspecified atom stereocenters. The van der Waals surface area contributed by atoms with Crippen molar-refractivity contribution in [3.8, 4) is 0 Å². The summed E-state index contributed by atoms with van der Waals surface area (Å²) in [5.41, 5.74) is 1.22. The van der Waals surface area contributed by atoms with Crippen LogP contribution in [0.5, 0.6) is 0 Å². The molecule has 0 aromatic heterocycles. The SMILES string of the molecule is COC(=O)c1cc(N[C@@H](C)I)ccc1Cl. The smallest absolute Gasteiger partial charge is 0.339 e. The lowest BCUT2D eigenvalue weighted by Crippen LogP contribution is -2.08. The van der Waals surface area contributed by atoms with E-state index in [1.165, 1.54) is 7.11 Å². The Morgan fingerprint density at radius 1 is 1.60 bits per heavy atom. The Hall–Kier alpha value is -0.490. The molecule has 3 nitrogen and oxygen atoms in total. The van der Waals surface area contributed by atoms with Crippen molar-refractivity contribution in [3.63, 3.8) is 0 Å². The van der Waals surface area contributed by atoms with Gasteiger partial charge in [0.05, 0.1) is 21.7 Å². The second-order valence-electron chi connectivity index (χ2n) is 2.95. The molecular formula is C10H11ClINO2. The maximum atomic E-state index is 11.3. The van der Waals surface area contributed by atoms with E-state index in [0.717, 1.165) is 5.69 Å². The monoisotopic (exact) mass is 339 g/mol. The molecule has 1 N–H and O–H groups in total. The standard InChI is InChI=1S/C10H11ClINO2/c1-6(12)13-7-3-4-9(11)8(5-7)10(14)15-2/h3-6,13H,1-2H3/t6-/m0/s1. The quantitative estimate of drug-likeness (QED) is 0.397. The number of carbonyl (C=O) groups is 1. The largest absolute Gasteiger partial charge is 0.465 e. The van der Waals surface area contributed by atoms with E-state index in [-0.39, 0.29) is 4.05 Å². The Morgan fingerprint density at radius 3 is 2.80 bits per heavy atom. The van der Waals surface area contributed by atoms with Gasteiger partial charge in [-0.1, -0.05) is 34.2 Å². The van der Waals surface area contributed by atoms with Crippen LogP contribution in [0.4, 0.5) is 5.69 Å². The number of halogens is 2. The van der Waals surface area contributed by atoms with Gasteiger partial charge in [0.1, 0.15) is 0 Å². The molecular weight excluding hydrogens is 328 g/mol. The Kier molecular flexibility index (Phi) is 4.66. The fourth-order valence-corrected chi connectivity index (χ4v) is 1.67. The van der Waals surface area contributed by atoms with Crippen molar-refractivity contribution in [2.45, 2.75) is 11.0 Å². The average molecular weight is 340 g/mol. The van der Waals surface area contributed by atoms with Crippen molar-refractivity contribution < 1.29 is 9.53 Å². The van der Waals surface area contributed by atoms with Crippen molar-refractivity contribution in [2.24, 2.45) is 0 Å². The van der Waals surface area contributed by atoms with Crippen molar-refractivity contribution >= 4 is 45.8 Å². The minimum absolute atomic E-state index is 0.272. The van der Waals surface area contributed by atoms with Gasteiger partial charge in [-0.25, -0.2) is 4.79 Å². The van der Waals surface area contributed by atoms with Gasteiger partial charge in [0, 0.05) is 5.69 Å². The molecule has 0 amide bonds. The summed E-state index contributed by atoms with van der Waals surface area (Å²) in [6, 6.07) is 5.18. The number of esters is 1. The van der Waals surface area contributed by atoms with Gasteiger partial charge in [0.2, 0.25) is 0 Å². The first kappa shape index (κ1) is 12.6. The van der Waals surface area contributed by atoms with Gasteiger partial charge in [-0.2, -0.15) is 0 Å². The first-order chi connectivity index (χ1) is 7.04. The maximum absolute atomic E-state index is 11.3. The molecule has 15 heavy (non-hydrogen) atoms. The van der Waals surface area contributed by atoms with Crippen LogP contribution in [0.25, 0.3) is 0 Å². The number of nitrogens with one attached hydrogen (secondary N) is 1. The summed E-state index contributed by atoms with van der Waals surface area (Å²) in [7, 11) is 1.33. The first-order valence-electron chi connectivity index (χ1n) is 4.33. The van der Waals surface area contributed by atoms with Crippen LogP contribution >= 0.6 is 34.2 Å². The normalized spacial score (nSPS) is 12.0. The molecule has 0 aliphatic rings. The van der Waals surface area contributed by atoms with Crippen molar-refractivity contribution in [1.29, 1.82) is 0 Å². The average Bonchev–Trinajstić information content (AvgIpc) is 2.19. The zero-order valence-electron chi connectivity index (χ0n) is 8.38. The summed E-state index contributed by atoms with van der Waals surface area (Å²) < 4.78 is 4.90. The molecule has 0 radical (unpaired) electrons. The molecule has 0 saturated heterocycles. The second kappa shape index (κ2) is 5.55. The van der Waals surface area contributed by atoms with E-state index in [1.807, 2.05) is 13.0 Å². The minimum atomic E-state index is -0.426. The lowest BCUT2D eigenvalue weighted by Gasteiger charge is -2.10. The zero-order chi connectivity index (χ0) is 11.4. The summed E-state index contributed by atoms with van der Waals surface area (Å²) in [6.45, 7) is 2.01. The molecule has 0 heterocycles. The van der Waals surface area contributed by atoms with Gasteiger partial charge in [-0.05, 0) is 25.1 Å². The van der Waals surface area contributed by atoms with Crippen LogP contribution in [0.15, 0.2) is 18.2 Å². The highest BCUT2D eigenvalue weighted by molar-refractivity contribution is 14.1. The lowest BCUT2D eigenvalue weighted by atomic mass is 10.2. The minimum Gasteiger partial charge on any atom is -0.465 e. The van der Waals surface area contributed by atoms with E-state index in [0.29, 0.717) is 10.6 Å². The van der Waals surface area contributed by atoms with Gasteiger partial charge in [-0.3, -0.25) is 0 Å². The summed E-state index contributed by atoms with van der Waals surface area (Å²) in [4.78, 5) is 11.3. The summed E-state index contributed by atoms with van der Waals surface area (Å²) >= 11 is 8.11. The first-order valence-corrected chi connectivity index (χ1v) is 5.95. The number of rotatable bonds is 3. The predicted octanol–water partition coefficient (Wildman–Crippen LogP) is 3.32. The summed E-state index contributed by atoms with van der Waals surface area (Å²) in [6.07, 6.45) is 0. The molecule has 1 rings (SSSR count). The number of alkyl halides is 1. The third kappa shape index (κ3) is 3.53. The highest BCUT2D eigenvalue weighted by Gasteiger charge is 2.11. The number of methoxy groups -OCH3 is 1. The lowest BCUT2D eigenvalue weighted by molar-refractivity contribution is 0.0601. The van der Waals surface area contributed by atoms with Crippen LogP contribution in [0.2, 0.25) is 5.02 Å². The Bertz CT molecular complexity index is 368. The summed E-state index contributed by atoms with van der Waals surface area (Å²) in [5, 5.41) is 3.57. The van der Waals surface area contributed by atoms with Gasteiger partial charge in [0.15, 0.2) is 0 Å². The van der Waals surface area contributed by atoms with Gasteiger partial charge in [-0.15, -0.1) is 0 Å². The molecule has 1 aromatic carbocycles. The molecule has 82 valence electrons. The number of hydrogen-bond acceptors (Lipinski definition) is 3. The number of ether oxygens (including phenoxy) is 1. The number of carbonyl (C=O) groups excluding carboxylic acids is 1. The van der Waals surface area contributed by atoms with E-state index >= 15 is 0 Å². The Morgan fingerprint density at radius 2 is 2.27 bits per heavy atom. The number of hydrogen-bond donors (Lipinski definition) is 1. The summed E-state index contributed by atoms with van der Waals surface area (Å²) in [5.74, 6) is -0.426. The third-order valence-electron chi connectivity index (χ3n) is 1.74. The zero-order valence-corrected chi connectivity index (χ0v) is 11.3. The number of benzene rings is 1. The van der Waals surface area contributed by atoms with Gasteiger partial charge >= 0.3 is 5.97 Å². The highest BCUT2D eigenvalue weighted by Crippen LogP contribution is 2.22. The van der Waals surface area contributed by atoms with Crippen molar-refractivity contribution in [1.82, 2.24) is 0 Å². The van der Waals surface area contributed by atoms with Crippen molar-refractivity contribution in [2.75, 3.05) is 12.4 Å². The molecule has 0 saturated carbocycles.